The maximum absolute atomic E-state index is 11.4. The van der Waals surface area contributed by atoms with Crippen molar-refractivity contribution in [3.63, 3.8) is 0 Å². The lowest BCUT2D eigenvalue weighted by Crippen LogP contribution is -2.49. The van der Waals surface area contributed by atoms with Gasteiger partial charge in [0.15, 0.2) is 0 Å². The smallest absolute Gasteiger partial charge is 0.302 e. The van der Waals surface area contributed by atoms with Crippen LogP contribution in [-0.4, -0.2) is 12.1 Å². The molecule has 4 rings (SSSR count). The van der Waals surface area contributed by atoms with Crippen LogP contribution in [0.2, 0.25) is 0 Å². The topological polar surface area (TPSA) is 26.3 Å². The maximum atomic E-state index is 11.4. The zero-order chi connectivity index (χ0) is 21.5. The van der Waals surface area contributed by atoms with Crippen LogP contribution in [0.5, 0.6) is 0 Å². The summed E-state index contributed by atoms with van der Waals surface area (Å²) in [6.07, 6.45) is 16.8. The standard InChI is InChI=1S/C28H48O2/c1-18(2)7-6-8-19(3)26-13-14-27-25-11-9-21-17-22(30-20(4)29)10-12-23(21)24(25)15-16-28(26,27)5/h18-19,21-27H,6-17H2,1-5H3/t19?,21?,22-,23?,24?,25?,26?,27?,28?/m0/s1. The summed E-state index contributed by atoms with van der Waals surface area (Å²) in [5, 5.41) is 0. The summed E-state index contributed by atoms with van der Waals surface area (Å²) in [5.74, 6) is 7.33. The van der Waals surface area contributed by atoms with E-state index in [9.17, 15) is 4.79 Å². The van der Waals surface area contributed by atoms with Crippen LogP contribution < -0.4 is 0 Å². The molecule has 4 aliphatic carbocycles. The predicted octanol–water partition coefficient (Wildman–Crippen LogP) is 7.65. The highest BCUT2D eigenvalue weighted by Crippen LogP contribution is 2.65. The minimum Gasteiger partial charge on any atom is -0.463 e. The van der Waals surface area contributed by atoms with Crippen LogP contribution in [0, 0.1) is 52.8 Å². The molecule has 0 aliphatic heterocycles. The van der Waals surface area contributed by atoms with Crippen molar-refractivity contribution in [2.24, 2.45) is 52.8 Å². The molecule has 2 nitrogen and oxygen atoms in total. The van der Waals surface area contributed by atoms with Gasteiger partial charge in [0.1, 0.15) is 6.10 Å². The first-order chi connectivity index (χ1) is 14.3. The molecule has 9 atom stereocenters. The summed E-state index contributed by atoms with van der Waals surface area (Å²) in [4.78, 5) is 11.4. The fraction of sp³-hybridized carbons (Fsp3) is 0.964. The zero-order valence-corrected chi connectivity index (χ0v) is 20.5. The fourth-order valence-corrected chi connectivity index (χ4v) is 9.18. The molecule has 0 aromatic carbocycles. The van der Waals surface area contributed by atoms with E-state index < -0.39 is 0 Å². The van der Waals surface area contributed by atoms with Crippen LogP contribution >= 0.6 is 0 Å². The van der Waals surface area contributed by atoms with Gasteiger partial charge in [-0.05, 0) is 111 Å². The Labute approximate surface area is 186 Å². The van der Waals surface area contributed by atoms with E-state index in [4.69, 9.17) is 4.74 Å². The summed E-state index contributed by atoms with van der Waals surface area (Å²) in [6, 6.07) is 0. The Hall–Kier alpha value is -0.530. The average molecular weight is 417 g/mol. The third-order valence-corrected chi connectivity index (χ3v) is 10.4. The lowest BCUT2D eigenvalue weighted by Gasteiger charge is -2.56. The molecule has 0 N–H and O–H groups in total. The van der Waals surface area contributed by atoms with Gasteiger partial charge in [-0.1, -0.05) is 47.0 Å². The van der Waals surface area contributed by atoms with E-state index in [1.807, 2.05) is 0 Å². The first kappa shape index (κ1) is 22.7. The van der Waals surface area contributed by atoms with Crippen molar-refractivity contribution in [2.45, 2.75) is 118 Å². The first-order valence-electron chi connectivity index (χ1n) is 13.5. The van der Waals surface area contributed by atoms with E-state index >= 15 is 0 Å². The summed E-state index contributed by atoms with van der Waals surface area (Å²) in [5.41, 5.74) is 0.611. The van der Waals surface area contributed by atoms with Crippen LogP contribution in [0.25, 0.3) is 0 Å². The molecule has 0 radical (unpaired) electrons. The molecule has 4 fully saturated rings. The Kier molecular flexibility index (Phi) is 6.91. The molecule has 4 saturated carbocycles. The molecule has 0 amide bonds. The van der Waals surface area contributed by atoms with Gasteiger partial charge < -0.3 is 4.74 Å². The van der Waals surface area contributed by atoms with Gasteiger partial charge in [0.25, 0.3) is 0 Å². The van der Waals surface area contributed by atoms with Gasteiger partial charge in [0.05, 0.1) is 0 Å². The second kappa shape index (κ2) is 9.14. The summed E-state index contributed by atoms with van der Waals surface area (Å²) >= 11 is 0. The van der Waals surface area contributed by atoms with Crippen molar-refractivity contribution in [1.29, 1.82) is 0 Å². The van der Waals surface area contributed by atoms with Gasteiger partial charge in [0, 0.05) is 6.92 Å². The Balaban J connectivity index is 1.39. The molecule has 0 saturated heterocycles. The van der Waals surface area contributed by atoms with E-state index in [0.29, 0.717) is 5.41 Å². The maximum Gasteiger partial charge on any atom is 0.302 e. The third-order valence-electron chi connectivity index (χ3n) is 10.4. The molecule has 0 heterocycles. The van der Waals surface area contributed by atoms with E-state index in [1.165, 1.54) is 64.2 Å². The molecule has 8 unspecified atom stereocenters. The van der Waals surface area contributed by atoms with E-state index in [1.54, 1.807) is 6.92 Å². The van der Waals surface area contributed by atoms with Gasteiger partial charge in [-0.2, -0.15) is 0 Å². The lowest BCUT2D eigenvalue weighted by molar-refractivity contribution is -0.152. The van der Waals surface area contributed by atoms with Crippen molar-refractivity contribution in [2.75, 3.05) is 0 Å². The summed E-state index contributed by atoms with van der Waals surface area (Å²) in [6.45, 7) is 11.6. The predicted molar refractivity (Wildman–Crippen MR) is 124 cm³/mol. The largest absolute Gasteiger partial charge is 0.463 e. The highest BCUT2D eigenvalue weighted by atomic mass is 16.5. The number of carbonyl (C=O) groups excluding carboxylic acids is 1. The number of hydrogen-bond acceptors (Lipinski definition) is 2. The minimum atomic E-state index is -0.0833. The second-order valence-electron chi connectivity index (χ2n) is 12.5. The molecular weight excluding hydrogens is 368 g/mol. The molecule has 2 heteroatoms. The van der Waals surface area contributed by atoms with Gasteiger partial charge in [-0.3, -0.25) is 4.79 Å². The fourth-order valence-electron chi connectivity index (χ4n) is 9.18. The molecule has 30 heavy (non-hydrogen) atoms. The van der Waals surface area contributed by atoms with Crippen molar-refractivity contribution in [1.82, 2.24) is 0 Å². The average Bonchev–Trinajstić information content (AvgIpc) is 3.04. The highest BCUT2D eigenvalue weighted by Gasteiger charge is 2.57. The molecule has 172 valence electrons. The number of rotatable bonds is 6. The van der Waals surface area contributed by atoms with Crippen molar-refractivity contribution >= 4 is 5.97 Å². The monoisotopic (exact) mass is 416 g/mol. The molecule has 0 spiro atoms. The van der Waals surface area contributed by atoms with Crippen LogP contribution in [-0.2, 0) is 9.53 Å². The Morgan fingerprint density at radius 3 is 2.43 bits per heavy atom. The zero-order valence-electron chi connectivity index (χ0n) is 20.5. The quantitative estimate of drug-likeness (QED) is 0.416. The third kappa shape index (κ3) is 4.36. The molecule has 0 aromatic rings. The van der Waals surface area contributed by atoms with Gasteiger partial charge in [-0.25, -0.2) is 0 Å². The Morgan fingerprint density at radius 2 is 1.70 bits per heavy atom. The number of hydrogen-bond donors (Lipinski definition) is 0. The Morgan fingerprint density at radius 1 is 0.933 bits per heavy atom. The van der Waals surface area contributed by atoms with Gasteiger partial charge in [0.2, 0.25) is 0 Å². The number of esters is 1. The van der Waals surface area contributed by atoms with E-state index in [2.05, 4.69) is 27.7 Å². The number of fused-ring (bicyclic) bond motifs is 5. The summed E-state index contributed by atoms with van der Waals surface area (Å²) < 4.78 is 5.61. The molecule has 0 aromatic heterocycles. The Bertz CT molecular complexity index is 597. The second-order valence-corrected chi connectivity index (χ2v) is 12.5. The number of carbonyl (C=O) groups is 1. The lowest BCUT2D eigenvalue weighted by atomic mass is 9.49. The van der Waals surface area contributed by atoms with Crippen LogP contribution in [0.15, 0.2) is 0 Å². The van der Waals surface area contributed by atoms with Crippen LogP contribution in [0.3, 0.4) is 0 Å². The van der Waals surface area contributed by atoms with Gasteiger partial charge in [-0.15, -0.1) is 0 Å². The van der Waals surface area contributed by atoms with Crippen molar-refractivity contribution in [3.05, 3.63) is 0 Å². The molecule has 0 bridgehead atoms. The van der Waals surface area contributed by atoms with Crippen molar-refractivity contribution < 1.29 is 9.53 Å². The van der Waals surface area contributed by atoms with Crippen LogP contribution in [0.4, 0.5) is 0 Å². The normalized spacial score (nSPS) is 44.1. The van der Waals surface area contributed by atoms with E-state index in [-0.39, 0.29) is 12.1 Å². The molecule has 4 aliphatic rings. The minimum absolute atomic E-state index is 0.0833. The number of ether oxygens (including phenoxy) is 1. The van der Waals surface area contributed by atoms with E-state index in [0.717, 1.165) is 60.2 Å². The van der Waals surface area contributed by atoms with Crippen LogP contribution in [0.1, 0.15) is 112 Å². The summed E-state index contributed by atoms with van der Waals surface area (Å²) in [7, 11) is 0. The SMILES string of the molecule is CC(=O)O[C@H]1CCC2C(CCC3C2CCC2(C)C(C(C)CCCC(C)C)CCC32)C1. The van der Waals surface area contributed by atoms with Crippen molar-refractivity contribution in [3.8, 4) is 0 Å². The first-order valence-corrected chi connectivity index (χ1v) is 13.5. The van der Waals surface area contributed by atoms with Gasteiger partial charge >= 0.3 is 5.97 Å². The highest BCUT2D eigenvalue weighted by molar-refractivity contribution is 5.66. The molecular formula is C28H48O2.